The summed E-state index contributed by atoms with van der Waals surface area (Å²) >= 11 is 1.22. The second kappa shape index (κ2) is 3.84. The fraction of sp³-hybridized carbons (Fsp3) is 0.111. The summed E-state index contributed by atoms with van der Waals surface area (Å²) in [5, 5.41) is 8.51. The molecule has 16 heavy (non-hydrogen) atoms. The maximum atomic E-state index is 11.4. The van der Waals surface area contributed by atoms with Gasteiger partial charge in [-0.05, 0) is 12.1 Å². The summed E-state index contributed by atoms with van der Waals surface area (Å²) in [7, 11) is -3.20. The number of anilines is 1. The standard InChI is InChI=1S/C9H9N3O2S2/c1-16(13,14)7-4-2-3-6(5-7)8-11-12-9(10)15-8/h2-5H,1H3,(H2,10,12). The van der Waals surface area contributed by atoms with Crippen molar-refractivity contribution in [1.82, 2.24) is 10.2 Å². The number of sulfone groups is 1. The van der Waals surface area contributed by atoms with Crippen molar-refractivity contribution < 1.29 is 8.42 Å². The summed E-state index contributed by atoms with van der Waals surface area (Å²) in [6, 6.07) is 6.55. The molecule has 0 unspecified atom stereocenters. The molecule has 0 saturated heterocycles. The molecule has 0 spiro atoms. The van der Waals surface area contributed by atoms with Crippen molar-refractivity contribution in [2.45, 2.75) is 4.90 Å². The molecule has 0 saturated carbocycles. The molecule has 0 fully saturated rings. The van der Waals surface area contributed by atoms with Crippen molar-refractivity contribution >= 4 is 26.3 Å². The Morgan fingerprint density at radius 3 is 2.62 bits per heavy atom. The smallest absolute Gasteiger partial charge is 0.203 e. The summed E-state index contributed by atoms with van der Waals surface area (Å²) in [6.07, 6.45) is 1.17. The number of nitrogen functional groups attached to an aromatic ring is 1. The molecular weight excluding hydrogens is 246 g/mol. The van der Waals surface area contributed by atoms with Gasteiger partial charge in [0.2, 0.25) is 5.13 Å². The van der Waals surface area contributed by atoms with E-state index in [1.54, 1.807) is 24.3 Å². The first kappa shape index (κ1) is 11.0. The topological polar surface area (TPSA) is 85.9 Å². The van der Waals surface area contributed by atoms with E-state index in [2.05, 4.69) is 10.2 Å². The van der Waals surface area contributed by atoms with E-state index in [9.17, 15) is 8.42 Å². The SMILES string of the molecule is CS(=O)(=O)c1cccc(-c2nnc(N)s2)c1. The number of nitrogens with two attached hydrogens (primary N) is 1. The van der Waals surface area contributed by atoms with Crippen LogP contribution in [0.1, 0.15) is 0 Å². The van der Waals surface area contributed by atoms with Crippen LogP contribution in [0, 0.1) is 0 Å². The maximum Gasteiger partial charge on any atom is 0.203 e. The summed E-state index contributed by atoms with van der Waals surface area (Å²) < 4.78 is 22.7. The molecule has 0 radical (unpaired) electrons. The molecule has 2 rings (SSSR count). The average molecular weight is 255 g/mol. The molecule has 1 aromatic carbocycles. The minimum absolute atomic E-state index is 0.263. The van der Waals surface area contributed by atoms with Crippen LogP contribution in [0.2, 0.25) is 0 Å². The van der Waals surface area contributed by atoms with Crippen molar-refractivity contribution in [3.8, 4) is 10.6 Å². The highest BCUT2D eigenvalue weighted by Gasteiger charge is 2.10. The van der Waals surface area contributed by atoms with Crippen LogP contribution >= 0.6 is 11.3 Å². The van der Waals surface area contributed by atoms with Crippen molar-refractivity contribution in [3.63, 3.8) is 0 Å². The van der Waals surface area contributed by atoms with Crippen molar-refractivity contribution in [3.05, 3.63) is 24.3 Å². The molecule has 2 aromatic rings. The van der Waals surface area contributed by atoms with Gasteiger partial charge in [0.1, 0.15) is 5.01 Å². The highest BCUT2D eigenvalue weighted by molar-refractivity contribution is 7.90. The molecule has 0 bridgehead atoms. The largest absolute Gasteiger partial charge is 0.374 e. The van der Waals surface area contributed by atoms with Gasteiger partial charge in [0, 0.05) is 11.8 Å². The zero-order chi connectivity index (χ0) is 11.8. The summed E-state index contributed by atoms with van der Waals surface area (Å²) in [5.74, 6) is 0. The molecule has 7 heteroatoms. The fourth-order valence-corrected chi connectivity index (χ4v) is 2.48. The Hall–Kier alpha value is -1.47. The number of benzene rings is 1. The van der Waals surface area contributed by atoms with Crippen LogP contribution in [0.15, 0.2) is 29.2 Å². The van der Waals surface area contributed by atoms with Crippen LogP contribution in [0.25, 0.3) is 10.6 Å². The number of rotatable bonds is 2. The van der Waals surface area contributed by atoms with Crippen LogP contribution in [-0.4, -0.2) is 24.9 Å². The highest BCUT2D eigenvalue weighted by atomic mass is 32.2. The minimum Gasteiger partial charge on any atom is -0.374 e. The average Bonchev–Trinajstić information content (AvgIpc) is 2.64. The Labute approximate surface area is 96.9 Å². The summed E-state index contributed by atoms with van der Waals surface area (Å²) in [4.78, 5) is 0.263. The highest BCUT2D eigenvalue weighted by Crippen LogP contribution is 2.26. The Morgan fingerprint density at radius 1 is 1.31 bits per heavy atom. The Kier molecular flexibility index (Phi) is 2.64. The predicted octanol–water partition coefficient (Wildman–Crippen LogP) is 1.19. The van der Waals surface area contributed by atoms with Crippen LogP contribution in [-0.2, 0) is 9.84 Å². The molecular formula is C9H9N3O2S2. The van der Waals surface area contributed by atoms with Gasteiger partial charge in [0.25, 0.3) is 0 Å². The normalized spacial score (nSPS) is 11.6. The fourth-order valence-electron chi connectivity index (χ4n) is 1.21. The van der Waals surface area contributed by atoms with E-state index in [0.29, 0.717) is 15.7 Å². The van der Waals surface area contributed by atoms with E-state index >= 15 is 0 Å². The Morgan fingerprint density at radius 2 is 2.06 bits per heavy atom. The molecule has 0 aliphatic carbocycles. The van der Waals surface area contributed by atoms with Crippen LogP contribution in [0.4, 0.5) is 5.13 Å². The van der Waals surface area contributed by atoms with Gasteiger partial charge < -0.3 is 5.73 Å². The number of hydrogen-bond acceptors (Lipinski definition) is 6. The first-order valence-corrected chi connectivity index (χ1v) is 7.07. The third-order valence-electron chi connectivity index (χ3n) is 1.95. The molecule has 0 aliphatic rings. The van der Waals surface area contributed by atoms with E-state index in [0.717, 1.165) is 0 Å². The summed E-state index contributed by atoms with van der Waals surface area (Å²) in [5.41, 5.74) is 6.17. The van der Waals surface area contributed by atoms with Gasteiger partial charge in [-0.3, -0.25) is 0 Å². The molecule has 0 atom stereocenters. The van der Waals surface area contributed by atoms with Crippen LogP contribution < -0.4 is 5.73 Å². The van der Waals surface area contributed by atoms with Gasteiger partial charge in [0.05, 0.1) is 4.90 Å². The lowest BCUT2D eigenvalue weighted by Gasteiger charge is -1.99. The lowest BCUT2D eigenvalue weighted by Crippen LogP contribution is -1.96. The molecule has 0 amide bonds. The van der Waals surface area contributed by atoms with Crippen molar-refractivity contribution in [1.29, 1.82) is 0 Å². The Bertz CT molecular complexity index is 619. The van der Waals surface area contributed by atoms with Crippen molar-refractivity contribution in [2.75, 3.05) is 12.0 Å². The van der Waals surface area contributed by atoms with Gasteiger partial charge in [-0.2, -0.15) is 0 Å². The second-order valence-electron chi connectivity index (χ2n) is 3.25. The number of hydrogen-bond donors (Lipinski definition) is 1. The molecule has 84 valence electrons. The monoisotopic (exact) mass is 255 g/mol. The van der Waals surface area contributed by atoms with Gasteiger partial charge in [0.15, 0.2) is 9.84 Å². The van der Waals surface area contributed by atoms with E-state index in [4.69, 9.17) is 5.73 Å². The number of nitrogens with zero attached hydrogens (tertiary/aromatic N) is 2. The van der Waals surface area contributed by atoms with Crippen LogP contribution in [0.5, 0.6) is 0 Å². The Balaban J connectivity index is 2.52. The van der Waals surface area contributed by atoms with Gasteiger partial charge >= 0.3 is 0 Å². The molecule has 1 heterocycles. The second-order valence-corrected chi connectivity index (χ2v) is 6.27. The zero-order valence-corrected chi connectivity index (χ0v) is 10.0. The maximum absolute atomic E-state index is 11.4. The first-order chi connectivity index (χ1) is 7.47. The third kappa shape index (κ3) is 2.20. The van der Waals surface area contributed by atoms with Crippen LogP contribution in [0.3, 0.4) is 0 Å². The molecule has 1 aromatic heterocycles. The molecule has 0 aliphatic heterocycles. The van der Waals surface area contributed by atoms with E-state index in [1.165, 1.54) is 17.6 Å². The lowest BCUT2D eigenvalue weighted by atomic mass is 10.2. The quantitative estimate of drug-likeness (QED) is 0.871. The number of aromatic nitrogens is 2. The zero-order valence-electron chi connectivity index (χ0n) is 8.41. The minimum atomic E-state index is -3.20. The molecule has 2 N–H and O–H groups in total. The van der Waals surface area contributed by atoms with Gasteiger partial charge in [-0.1, -0.05) is 23.5 Å². The van der Waals surface area contributed by atoms with Gasteiger partial charge in [-0.15, -0.1) is 10.2 Å². The summed E-state index contributed by atoms with van der Waals surface area (Å²) in [6.45, 7) is 0. The van der Waals surface area contributed by atoms with Crippen molar-refractivity contribution in [2.24, 2.45) is 0 Å². The molecule has 5 nitrogen and oxygen atoms in total. The third-order valence-corrected chi connectivity index (χ3v) is 3.86. The lowest BCUT2D eigenvalue weighted by molar-refractivity contribution is 0.602. The van der Waals surface area contributed by atoms with E-state index < -0.39 is 9.84 Å². The predicted molar refractivity (Wildman–Crippen MR) is 62.9 cm³/mol. The van der Waals surface area contributed by atoms with Gasteiger partial charge in [-0.25, -0.2) is 8.42 Å². The first-order valence-electron chi connectivity index (χ1n) is 4.36. The van der Waals surface area contributed by atoms with E-state index in [1.807, 2.05) is 0 Å². The van der Waals surface area contributed by atoms with E-state index in [-0.39, 0.29) is 4.90 Å².